The molecule has 0 aliphatic heterocycles. The van der Waals surface area contributed by atoms with Gasteiger partial charge in [0.25, 0.3) is 8.32 Å². The SMILES string of the molecule is CC(C)(C)[Si](OCCC(O)COCc1ccccc1)(c1ccccc1)c1ccccc1. The Balaban J connectivity index is 1.69. The van der Waals surface area contributed by atoms with Crippen molar-refractivity contribution in [2.75, 3.05) is 13.2 Å². The van der Waals surface area contributed by atoms with E-state index in [-0.39, 0.29) is 5.04 Å². The monoisotopic (exact) mass is 434 g/mol. The van der Waals surface area contributed by atoms with E-state index in [2.05, 4.69) is 69.3 Å². The van der Waals surface area contributed by atoms with E-state index < -0.39 is 14.4 Å². The molecule has 1 unspecified atom stereocenters. The van der Waals surface area contributed by atoms with Crippen LogP contribution in [0.4, 0.5) is 0 Å². The van der Waals surface area contributed by atoms with E-state index in [0.717, 1.165) is 5.56 Å². The van der Waals surface area contributed by atoms with Crippen LogP contribution in [0.5, 0.6) is 0 Å². The third-order valence-electron chi connectivity index (χ3n) is 5.61. The molecule has 1 atom stereocenters. The van der Waals surface area contributed by atoms with E-state index in [9.17, 15) is 5.11 Å². The van der Waals surface area contributed by atoms with E-state index in [1.807, 2.05) is 42.5 Å². The van der Waals surface area contributed by atoms with Gasteiger partial charge in [-0.2, -0.15) is 0 Å². The first-order chi connectivity index (χ1) is 14.9. The summed E-state index contributed by atoms with van der Waals surface area (Å²) in [5.41, 5.74) is 1.11. The van der Waals surface area contributed by atoms with Crippen LogP contribution < -0.4 is 10.4 Å². The van der Waals surface area contributed by atoms with Gasteiger partial charge in [0.1, 0.15) is 0 Å². The average Bonchev–Trinajstić information content (AvgIpc) is 2.78. The van der Waals surface area contributed by atoms with Gasteiger partial charge in [0, 0.05) is 6.61 Å². The molecule has 0 saturated carbocycles. The highest BCUT2D eigenvalue weighted by molar-refractivity contribution is 6.99. The molecule has 0 bridgehead atoms. The van der Waals surface area contributed by atoms with Gasteiger partial charge >= 0.3 is 0 Å². The molecule has 0 saturated heterocycles. The lowest BCUT2D eigenvalue weighted by atomic mass is 10.2. The Morgan fingerprint density at radius 1 is 0.774 bits per heavy atom. The van der Waals surface area contributed by atoms with Gasteiger partial charge in [-0.05, 0) is 27.4 Å². The van der Waals surface area contributed by atoms with Crippen LogP contribution >= 0.6 is 0 Å². The highest BCUT2D eigenvalue weighted by Crippen LogP contribution is 2.36. The molecular formula is C27H34O3Si. The summed E-state index contributed by atoms with van der Waals surface area (Å²) in [4.78, 5) is 0. The van der Waals surface area contributed by atoms with E-state index in [1.165, 1.54) is 10.4 Å². The first kappa shape index (κ1) is 23.4. The van der Waals surface area contributed by atoms with Gasteiger partial charge in [0.2, 0.25) is 0 Å². The summed E-state index contributed by atoms with van der Waals surface area (Å²) in [6.45, 7) is 8.09. The molecule has 0 heterocycles. The van der Waals surface area contributed by atoms with Crippen LogP contribution in [-0.4, -0.2) is 32.7 Å². The predicted molar refractivity (Wildman–Crippen MR) is 130 cm³/mol. The number of benzene rings is 3. The number of aliphatic hydroxyl groups is 1. The molecule has 0 spiro atoms. The summed E-state index contributed by atoms with van der Waals surface area (Å²) < 4.78 is 12.5. The van der Waals surface area contributed by atoms with E-state index in [1.54, 1.807) is 0 Å². The lowest BCUT2D eigenvalue weighted by molar-refractivity contribution is 0.0178. The third kappa shape index (κ3) is 5.92. The van der Waals surface area contributed by atoms with Crippen molar-refractivity contribution in [3.63, 3.8) is 0 Å². The topological polar surface area (TPSA) is 38.7 Å². The Morgan fingerprint density at radius 2 is 1.26 bits per heavy atom. The summed E-state index contributed by atoms with van der Waals surface area (Å²) in [5, 5.41) is 12.9. The van der Waals surface area contributed by atoms with Gasteiger partial charge in [-0.15, -0.1) is 0 Å². The zero-order chi connectivity index (χ0) is 22.2. The van der Waals surface area contributed by atoms with Gasteiger partial charge in [0.05, 0.1) is 19.3 Å². The molecule has 3 nitrogen and oxygen atoms in total. The maximum Gasteiger partial charge on any atom is 0.261 e. The van der Waals surface area contributed by atoms with Crippen LogP contribution in [0.25, 0.3) is 0 Å². The molecular weight excluding hydrogens is 400 g/mol. The summed E-state index contributed by atoms with van der Waals surface area (Å²) >= 11 is 0. The number of hydrogen-bond acceptors (Lipinski definition) is 3. The van der Waals surface area contributed by atoms with Crippen molar-refractivity contribution in [1.82, 2.24) is 0 Å². The fraction of sp³-hybridized carbons (Fsp3) is 0.333. The standard InChI is InChI=1S/C27H34O3Si/c1-27(2,3)31(25-15-9-5-10-16-25,26-17-11-6-12-18-26)30-20-19-24(28)22-29-21-23-13-7-4-8-14-23/h4-18,24,28H,19-22H2,1-3H3. The lowest BCUT2D eigenvalue weighted by Crippen LogP contribution is -2.66. The molecule has 31 heavy (non-hydrogen) atoms. The Kier molecular flexibility index (Phi) is 8.21. The minimum absolute atomic E-state index is 0.0650. The van der Waals surface area contributed by atoms with E-state index in [4.69, 9.17) is 9.16 Å². The molecule has 1 N–H and O–H groups in total. The Labute approximate surface area is 187 Å². The van der Waals surface area contributed by atoms with Crippen molar-refractivity contribution in [3.8, 4) is 0 Å². The van der Waals surface area contributed by atoms with Crippen molar-refractivity contribution in [2.45, 2.75) is 44.9 Å². The first-order valence-electron chi connectivity index (χ1n) is 11.0. The van der Waals surface area contributed by atoms with Crippen molar-refractivity contribution >= 4 is 18.7 Å². The Morgan fingerprint density at radius 3 is 1.74 bits per heavy atom. The van der Waals surface area contributed by atoms with Gasteiger partial charge in [-0.25, -0.2) is 0 Å². The van der Waals surface area contributed by atoms with Crippen molar-refractivity contribution < 1.29 is 14.3 Å². The third-order valence-corrected chi connectivity index (χ3v) is 10.7. The predicted octanol–water partition coefficient (Wildman–Crippen LogP) is 4.53. The first-order valence-corrected chi connectivity index (χ1v) is 12.9. The Bertz CT molecular complexity index is 853. The molecule has 0 aliphatic rings. The molecule has 0 aliphatic carbocycles. The van der Waals surface area contributed by atoms with Crippen LogP contribution in [-0.2, 0) is 15.8 Å². The fourth-order valence-corrected chi connectivity index (χ4v) is 8.66. The number of hydrogen-bond donors (Lipinski definition) is 1. The minimum atomic E-state index is -2.55. The normalized spacial score (nSPS) is 13.2. The maximum atomic E-state index is 10.5. The summed E-state index contributed by atoms with van der Waals surface area (Å²) in [6, 6.07) is 31.2. The Hall–Kier alpha value is -2.24. The van der Waals surface area contributed by atoms with Crippen LogP contribution in [0.3, 0.4) is 0 Å². The number of ether oxygens (including phenoxy) is 1. The summed E-state index contributed by atoms with van der Waals surface area (Å²) in [6.07, 6.45) is -0.0128. The zero-order valence-electron chi connectivity index (χ0n) is 18.8. The van der Waals surface area contributed by atoms with Crippen molar-refractivity contribution in [1.29, 1.82) is 0 Å². The molecule has 3 aromatic carbocycles. The summed E-state index contributed by atoms with van der Waals surface area (Å²) in [7, 11) is -2.55. The largest absolute Gasteiger partial charge is 0.407 e. The highest BCUT2D eigenvalue weighted by Gasteiger charge is 2.50. The summed E-state index contributed by atoms with van der Waals surface area (Å²) in [5.74, 6) is 0. The second-order valence-electron chi connectivity index (χ2n) is 8.95. The van der Waals surface area contributed by atoms with Crippen molar-refractivity contribution in [2.24, 2.45) is 0 Å². The molecule has 4 heteroatoms. The molecule has 0 amide bonds. The van der Waals surface area contributed by atoms with Gasteiger partial charge in [-0.3, -0.25) is 0 Å². The fourth-order valence-electron chi connectivity index (χ4n) is 4.08. The maximum absolute atomic E-state index is 10.5. The lowest BCUT2D eigenvalue weighted by Gasteiger charge is -2.43. The van der Waals surface area contributed by atoms with Gasteiger partial charge in [0.15, 0.2) is 0 Å². The molecule has 0 aromatic heterocycles. The molecule has 3 aromatic rings. The van der Waals surface area contributed by atoms with Crippen LogP contribution in [0.1, 0.15) is 32.8 Å². The molecule has 164 valence electrons. The quantitative estimate of drug-likeness (QED) is 0.477. The van der Waals surface area contributed by atoms with Crippen molar-refractivity contribution in [3.05, 3.63) is 96.6 Å². The van der Waals surface area contributed by atoms with Gasteiger partial charge < -0.3 is 14.3 Å². The smallest absolute Gasteiger partial charge is 0.261 e. The van der Waals surface area contributed by atoms with Crippen LogP contribution in [0.15, 0.2) is 91.0 Å². The zero-order valence-corrected chi connectivity index (χ0v) is 19.8. The second-order valence-corrected chi connectivity index (χ2v) is 13.3. The number of rotatable bonds is 10. The highest BCUT2D eigenvalue weighted by atomic mass is 28.4. The average molecular weight is 435 g/mol. The van der Waals surface area contributed by atoms with Gasteiger partial charge in [-0.1, -0.05) is 112 Å². The molecule has 0 radical (unpaired) electrons. The second kappa shape index (κ2) is 10.9. The molecule has 3 rings (SSSR count). The number of aliphatic hydroxyl groups excluding tert-OH is 1. The van der Waals surface area contributed by atoms with E-state index >= 15 is 0 Å². The van der Waals surface area contributed by atoms with Crippen LogP contribution in [0, 0.1) is 0 Å². The van der Waals surface area contributed by atoms with E-state index in [0.29, 0.717) is 26.2 Å². The van der Waals surface area contributed by atoms with Crippen LogP contribution in [0.2, 0.25) is 5.04 Å². The minimum Gasteiger partial charge on any atom is -0.407 e. The molecule has 0 fully saturated rings.